The summed E-state index contributed by atoms with van der Waals surface area (Å²) in [7, 11) is 0. The SMILES string of the molecule is Cc1ccc(F)c(C(NN)c2cc(Br)cs2)c1F. The Balaban J connectivity index is 2.55. The van der Waals surface area contributed by atoms with Crippen LogP contribution in [0, 0.1) is 18.6 Å². The zero-order valence-electron chi connectivity index (χ0n) is 9.51. The lowest BCUT2D eigenvalue weighted by Gasteiger charge is -2.17. The molecule has 0 radical (unpaired) electrons. The molecule has 0 aliphatic rings. The molecule has 0 aliphatic heterocycles. The maximum atomic E-state index is 14.0. The fourth-order valence-corrected chi connectivity index (χ4v) is 3.24. The van der Waals surface area contributed by atoms with Crippen LogP contribution < -0.4 is 11.3 Å². The zero-order valence-corrected chi connectivity index (χ0v) is 11.9. The number of nitrogens with two attached hydrogens (primary N) is 1. The molecule has 2 aromatic rings. The van der Waals surface area contributed by atoms with Gasteiger partial charge >= 0.3 is 0 Å². The Morgan fingerprint density at radius 2 is 2.11 bits per heavy atom. The number of nitrogens with one attached hydrogen (secondary N) is 1. The third kappa shape index (κ3) is 2.47. The summed E-state index contributed by atoms with van der Waals surface area (Å²) in [4.78, 5) is 0.743. The highest BCUT2D eigenvalue weighted by molar-refractivity contribution is 9.10. The van der Waals surface area contributed by atoms with Gasteiger partial charge in [0.1, 0.15) is 11.6 Å². The van der Waals surface area contributed by atoms with Gasteiger partial charge in [0.2, 0.25) is 0 Å². The van der Waals surface area contributed by atoms with E-state index in [9.17, 15) is 8.78 Å². The number of thiophene rings is 1. The van der Waals surface area contributed by atoms with E-state index in [0.717, 1.165) is 9.35 Å². The molecule has 0 amide bonds. The molecule has 0 saturated heterocycles. The normalized spacial score (nSPS) is 12.7. The number of benzene rings is 1. The van der Waals surface area contributed by atoms with Crippen molar-refractivity contribution in [2.45, 2.75) is 13.0 Å². The summed E-state index contributed by atoms with van der Waals surface area (Å²) >= 11 is 4.69. The average Bonchev–Trinajstić information content (AvgIpc) is 2.76. The van der Waals surface area contributed by atoms with Crippen LogP contribution in [0.2, 0.25) is 0 Å². The van der Waals surface area contributed by atoms with E-state index in [4.69, 9.17) is 5.84 Å². The molecule has 3 N–H and O–H groups in total. The van der Waals surface area contributed by atoms with Crippen LogP contribution in [0.5, 0.6) is 0 Å². The number of hydrogen-bond acceptors (Lipinski definition) is 3. The van der Waals surface area contributed by atoms with Gasteiger partial charge in [-0.05, 0) is 40.5 Å². The average molecular weight is 333 g/mol. The van der Waals surface area contributed by atoms with Crippen molar-refractivity contribution in [1.29, 1.82) is 0 Å². The summed E-state index contributed by atoms with van der Waals surface area (Å²) in [5.41, 5.74) is 2.81. The van der Waals surface area contributed by atoms with Gasteiger partial charge in [-0.2, -0.15) is 0 Å². The first kappa shape index (κ1) is 13.6. The number of hydrogen-bond donors (Lipinski definition) is 2. The van der Waals surface area contributed by atoms with E-state index in [1.165, 1.54) is 23.5 Å². The summed E-state index contributed by atoms with van der Waals surface area (Å²) in [6.07, 6.45) is 0. The first-order valence-corrected chi connectivity index (χ1v) is 6.86. The van der Waals surface area contributed by atoms with Gasteiger partial charge in [0.15, 0.2) is 0 Å². The van der Waals surface area contributed by atoms with Gasteiger partial charge < -0.3 is 0 Å². The molecule has 0 saturated carbocycles. The van der Waals surface area contributed by atoms with Gasteiger partial charge in [-0.3, -0.25) is 5.84 Å². The van der Waals surface area contributed by atoms with Crippen molar-refractivity contribution in [3.8, 4) is 0 Å². The van der Waals surface area contributed by atoms with Crippen molar-refractivity contribution in [3.63, 3.8) is 0 Å². The molecule has 1 aromatic heterocycles. The van der Waals surface area contributed by atoms with Crippen LogP contribution in [-0.4, -0.2) is 0 Å². The summed E-state index contributed by atoms with van der Waals surface area (Å²) in [5.74, 6) is 4.27. The number of rotatable bonds is 3. The number of aryl methyl sites for hydroxylation is 1. The fourth-order valence-electron chi connectivity index (χ4n) is 1.73. The number of hydrazine groups is 1. The minimum Gasteiger partial charge on any atom is -0.271 e. The second-order valence-corrected chi connectivity index (χ2v) is 5.72. The van der Waals surface area contributed by atoms with Crippen LogP contribution in [0.25, 0.3) is 0 Å². The molecule has 1 aromatic carbocycles. The van der Waals surface area contributed by atoms with E-state index >= 15 is 0 Å². The summed E-state index contributed by atoms with van der Waals surface area (Å²) in [5, 5.41) is 1.84. The Kier molecular flexibility index (Phi) is 4.11. The van der Waals surface area contributed by atoms with Crippen LogP contribution in [0.3, 0.4) is 0 Å². The third-order valence-electron chi connectivity index (χ3n) is 2.65. The Hall–Kier alpha value is -0.820. The Morgan fingerprint density at radius 1 is 1.39 bits per heavy atom. The first-order valence-electron chi connectivity index (χ1n) is 5.19. The molecule has 0 aliphatic carbocycles. The quantitative estimate of drug-likeness (QED) is 0.665. The Labute approximate surface area is 116 Å². The smallest absolute Gasteiger partial charge is 0.134 e. The lowest BCUT2D eigenvalue weighted by Crippen LogP contribution is -2.30. The third-order valence-corrected chi connectivity index (χ3v) is 4.41. The lowest BCUT2D eigenvalue weighted by molar-refractivity contribution is 0.509. The highest BCUT2D eigenvalue weighted by Gasteiger charge is 2.23. The zero-order chi connectivity index (χ0) is 13.3. The lowest BCUT2D eigenvalue weighted by atomic mass is 10.0. The van der Waals surface area contributed by atoms with Crippen LogP contribution in [0.4, 0.5) is 8.78 Å². The molecule has 1 atom stereocenters. The second kappa shape index (κ2) is 5.44. The highest BCUT2D eigenvalue weighted by atomic mass is 79.9. The van der Waals surface area contributed by atoms with Crippen molar-refractivity contribution < 1.29 is 8.78 Å². The molecular formula is C12H11BrF2N2S. The van der Waals surface area contributed by atoms with Gasteiger partial charge in [-0.1, -0.05) is 6.07 Å². The van der Waals surface area contributed by atoms with E-state index in [0.29, 0.717) is 5.56 Å². The Bertz CT molecular complexity index is 571. The second-order valence-electron chi connectivity index (χ2n) is 3.86. The largest absolute Gasteiger partial charge is 0.271 e. The molecule has 0 fully saturated rings. The van der Waals surface area contributed by atoms with Crippen LogP contribution >= 0.6 is 27.3 Å². The van der Waals surface area contributed by atoms with Crippen LogP contribution in [0.1, 0.15) is 22.0 Å². The summed E-state index contributed by atoms with van der Waals surface area (Å²) < 4.78 is 28.7. The minimum atomic E-state index is -0.693. The van der Waals surface area contributed by atoms with Gasteiger partial charge in [-0.15, -0.1) is 11.3 Å². The molecule has 1 heterocycles. The van der Waals surface area contributed by atoms with E-state index < -0.39 is 17.7 Å². The molecule has 6 heteroatoms. The van der Waals surface area contributed by atoms with E-state index in [2.05, 4.69) is 21.4 Å². The van der Waals surface area contributed by atoms with Crippen molar-refractivity contribution in [2.24, 2.45) is 5.84 Å². The predicted molar refractivity (Wildman–Crippen MR) is 72.3 cm³/mol. The van der Waals surface area contributed by atoms with E-state index in [1.54, 1.807) is 13.0 Å². The number of halogens is 3. The predicted octanol–water partition coefficient (Wildman–Crippen LogP) is 3.65. The minimum absolute atomic E-state index is 0.0492. The summed E-state index contributed by atoms with van der Waals surface area (Å²) in [6, 6.07) is 3.75. The molecule has 96 valence electrons. The van der Waals surface area contributed by atoms with Gasteiger partial charge in [0.25, 0.3) is 0 Å². The molecule has 0 spiro atoms. The highest BCUT2D eigenvalue weighted by Crippen LogP contribution is 2.33. The monoisotopic (exact) mass is 332 g/mol. The maximum Gasteiger partial charge on any atom is 0.134 e. The summed E-state index contributed by atoms with van der Waals surface area (Å²) in [6.45, 7) is 1.59. The fraction of sp³-hybridized carbons (Fsp3) is 0.167. The molecule has 0 bridgehead atoms. The van der Waals surface area contributed by atoms with Gasteiger partial charge in [0.05, 0.1) is 6.04 Å². The van der Waals surface area contributed by atoms with E-state index in [1.807, 2.05) is 5.38 Å². The van der Waals surface area contributed by atoms with Crippen molar-refractivity contribution >= 4 is 27.3 Å². The van der Waals surface area contributed by atoms with Crippen LogP contribution in [0.15, 0.2) is 28.1 Å². The van der Waals surface area contributed by atoms with Crippen molar-refractivity contribution in [2.75, 3.05) is 0 Å². The van der Waals surface area contributed by atoms with Gasteiger partial charge in [0, 0.05) is 20.3 Å². The van der Waals surface area contributed by atoms with Crippen molar-refractivity contribution in [1.82, 2.24) is 5.43 Å². The Morgan fingerprint density at radius 3 is 2.67 bits per heavy atom. The van der Waals surface area contributed by atoms with Crippen molar-refractivity contribution in [3.05, 3.63) is 55.7 Å². The van der Waals surface area contributed by atoms with Crippen LogP contribution in [-0.2, 0) is 0 Å². The molecule has 1 unspecified atom stereocenters. The van der Waals surface area contributed by atoms with Gasteiger partial charge in [-0.25, -0.2) is 14.2 Å². The molecule has 18 heavy (non-hydrogen) atoms. The molecular weight excluding hydrogens is 322 g/mol. The topological polar surface area (TPSA) is 38.0 Å². The first-order chi connectivity index (χ1) is 8.54. The maximum absolute atomic E-state index is 14.0. The van der Waals surface area contributed by atoms with E-state index in [-0.39, 0.29) is 5.56 Å². The standard InChI is InChI=1S/C12H11BrF2N2S/c1-6-2-3-8(14)10(11(6)15)12(17-16)9-4-7(13)5-18-9/h2-5,12,17H,16H2,1H3. The molecule has 2 rings (SSSR count). The molecule has 2 nitrogen and oxygen atoms in total.